The van der Waals surface area contributed by atoms with Crippen LogP contribution >= 0.6 is 0 Å². The van der Waals surface area contributed by atoms with E-state index in [1.54, 1.807) is 12.1 Å². The fourth-order valence-electron chi connectivity index (χ4n) is 4.02. The Bertz CT molecular complexity index is 1100. The molecule has 1 saturated heterocycles. The number of nitrogen functional groups attached to an aromatic ring is 1. The fourth-order valence-corrected chi connectivity index (χ4v) is 4.02. The van der Waals surface area contributed by atoms with E-state index >= 15 is 0 Å². The van der Waals surface area contributed by atoms with Gasteiger partial charge in [0, 0.05) is 6.54 Å². The van der Waals surface area contributed by atoms with Gasteiger partial charge in [-0.2, -0.15) is 0 Å². The van der Waals surface area contributed by atoms with Crippen LogP contribution in [0.5, 0.6) is 0 Å². The third-order valence-corrected chi connectivity index (χ3v) is 5.95. The second-order valence-electron chi connectivity index (χ2n) is 8.51. The Labute approximate surface area is 190 Å². The number of carbonyl (C=O) groups is 2. The number of likely N-dealkylation sites (tertiary alicyclic amines) is 1. The summed E-state index contributed by atoms with van der Waals surface area (Å²) in [5, 5.41) is 0. The number of ketones is 1. The molecule has 0 radical (unpaired) electrons. The van der Waals surface area contributed by atoms with Gasteiger partial charge in [-0.1, -0.05) is 18.6 Å². The molecular weight excluding hydrogens is 429 g/mol. The second kappa shape index (κ2) is 11.0. The predicted molar refractivity (Wildman–Crippen MR) is 122 cm³/mol. The van der Waals surface area contributed by atoms with Gasteiger partial charge in [0.2, 0.25) is 6.41 Å². The van der Waals surface area contributed by atoms with Gasteiger partial charge in [-0.3, -0.25) is 28.4 Å². The number of halogens is 1. The van der Waals surface area contributed by atoms with Crippen molar-refractivity contribution in [2.75, 3.05) is 25.4 Å². The molecule has 9 nitrogen and oxygen atoms in total. The molecule has 1 aromatic heterocycles. The molecule has 1 aliphatic heterocycles. The molecule has 1 aromatic carbocycles. The zero-order valence-electron chi connectivity index (χ0n) is 18.5. The van der Waals surface area contributed by atoms with E-state index < -0.39 is 11.2 Å². The summed E-state index contributed by atoms with van der Waals surface area (Å²) in [4.78, 5) is 49.8. The van der Waals surface area contributed by atoms with Crippen LogP contribution < -0.4 is 22.7 Å². The van der Waals surface area contributed by atoms with E-state index in [-0.39, 0.29) is 48.4 Å². The monoisotopic (exact) mass is 459 g/mol. The van der Waals surface area contributed by atoms with Gasteiger partial charge in [-0.25, -0.2) is 9.18 Å². The van der Waals surface area contributed by atoms with Crippen LogP contribution in [0.4, 0.5) is 10.2 Å². The van der Waals surface area contributed by atoms with Crippen LogP contribution in [0.25, 0.3) is 0 Å². The third kappa shape index (κ3) is 6.16. The highest BCUT2D eigenvalue weighted by Crippen LogP contribution is 2.29. The van der Waals surface area contributed by atoms with Gasteiger partial charge < -0.3 is 11.5 Å². The topological polar surface area (TPSA) is 133 Å². The third-order valence-electron chi connectivity index (χ3n) is 5.95. The van der Waals surface area contributed by atoms with Crippen LogP contribution in [0.2, 0.25) is 0 Å². The van der Waals surface area contributed by atoms with Gasteiger partial charge >= 0.3 is 5.69 Å². The Morgan fingerprint density at radius 1 is 1.06 bits per heavy atom. The minimum absolute atomic E-state index is 0.0693. The predicted octanol–water partition coefficient (Wildman–Crippen LogP) is 0.960. The number of anilines is 1. The molecular formula is C23H30FN5O4. The van der Waals surface area contributed by atoms with Gasteiger partial charge in [-0.05, 0) is 62.4 Å². The largest absolute Gasteiger partial charge is 0.384 e. The SMILES string of the molecule is NC=O.Nc1c(C(=O)CN2CCCCC2)c(=O)n(CC2CC2)c(=O)n1Cc1ccc(F)cc1. The van der Waals surface area contributed by atoms with Gasteiger partial charge in [-0.15, -0.1) is 0 Å². The van der Waals surface area contributed by atoms with E-state index in [4.69, 9.17) is 10.5 Å². The van der Waals surface area contributed by atoms with E-state index in [1.165, 1.54) is 16.7 Å². The first-order valence-electron chi connectivity index (χ1n) is 11.1. The number of amides is 1. The molecule has 1 saturated carbocycles. The number of Topliss-reactive ketones (excluding diaryl/α,β-unsaturated/α-hetero) is 1. The van der Waals surface area contributed by atoms with E-state index in [1.807, 2.05) is 4.90 Å². The van der Waals surface area contributed by atoms with Crippen molar-refractivity contribution in [3.8, 4) is 0 Å². The van der Waals surface area contributed by atoms with E-state index in [2.05, 4.69) is 5.73 Å². The Kier molecular flexibility index (Phi) is 8.16. The fraction of sp³-hybridized carbons (Fsp3) is 0.478. The highest BCUT2D eigenvalue weighted by atomic mass is 19.1. The summed E-state index contributed by atoms with van der Waals surface area (Å²) in [6.07, 6.45) is 5.37. The normalized spacial score (nSPS) is 16.0. The smallest absolute Gasteiger partial charge is 0.332 e. The lowest BCUT2D eigenvalue weighted by Gasteiger charge is -2.26. The minimum atomic E-state index is -0.596. The maximum absolute atomic E-state index is 13.3. The molecule has 33 heavy (non-hydrogen) atoms. The standard InChI is InChI=1S/C22H27FN4O3.CH3NO/c23-17-8-6-16(7-9-17)12-26-20(24)19(18(28)14-25-10-2-1-3-11-25)21(29)27(22(26)30)13-15-4-5-15;2-1-3/h6-9,15H,1-5,10-14,24H2;1H,(H2,2,3). The zero-order valence-corrected chi connectivity index (χ0v) is 18.5. The van der Waals surface area contributed by atoms with Crippen LogP contribution in [-0.4, -0.2) is 45.9 Å². The first kappa shape index (κ1) is 24.4. The van der Waals surface area contributed by atoms with Crippen molar-refractivity contribution in [3.63, 3.8) is 0 Å². The second-order valence-corrected chi connectivity index (χ2v) is 8.51. The number of benzene rings is 1. The van der Waals surface area contributed by atoms with Gasteiger partial charge in [0.25, 0.3) is 5.56 Å². The number of rotatable bonds is 7. The summed E-state index contributed by atoms with van der Waals surface area (Å²) >= 11 is 0. The van der Waals surface area contributed by atoms with Crippen molar-refractivity contribution in [2.45, 2.75) is 45.2 Å². The summed E-state index contributed by atoms with van der Waals surface area (Å²) in [6, 6.07) is 5.73. The summed E-state index contributed by atoms with van der Waals surface area (Å²) in [6.45, 7) is 2.12. The van der Waals surface area contributed by atoms with Crippen molar-refractivity contribution < 1.29 is 14.0 Å². The van der Waals surface area contributed by atoms with Crippen LogP contribution in [0.1, 0.15) is 48.0 Å². The number of hydrogen-bond donors (Lipinski definition) is 2. The number of piperidine rings is 1. The lowest BCUT2D eigenvalue weighted by molar-refractivity contribution is -0.106. The average molecular weight is 460 g/mol. The minimum Gasteiger partial charge on any atom is -0.384 e. The molecule has 0 atom stereocenters. The highest BCUT2D eigenvalue weighted by Gasteiger charge is 2.28. The molecule has 4 N–H and O–H groups in total. The van der Waals surface area contributed by atoms with Crippen LogP contribution in [-0.2, 0) is 17.9 Å². The number of carbonyl (C=O) groups excluding carboxylic acids is 2. The summed E-state index contributed by atoms with van der Waals surface area (Å²) in [7, 11) is 0. The van der Waals surface area contributed by atoms with Crippen molar-refractivity contribution in [1.82, 2.24) is 14.0 Å². The van der Waals surface area contributed by atoms with E-state index in [9.17, 15) is 18.8 Å². The van der Waals surface area contributed by atoms with Crippen LogP contribution in [0, 0.1) is 11.7 Å². The molecule has 4 rings (SSSR count). The zero-order chi connectivity index (χ0) is 24.0. The lowest BCUT2D eigenvalue weighted by atomic mass is 10.1. The van der Waals surface area contributed by atoms with Crippen molar-refractivity contribution >= 4 is 18.0 Å². The first-order chi connectivity index (χ1) is 15.8. The number of nitrogens with zero attached hydrogens (tertiary/aromatic N) is 3. The van der Waals surface area contributed by atoms with Crippen molar-refractivity contribution in [3.05, 3.63) is 62.0 Å². The van der Waals surface area contributed by atoms with Crippen LogP contribution in [0.3, 0.4) is 0 Å². The van der Waals surface area contributed by atoms with E-state index in [0.717, 1.165) is 49.8 Å². The summed E-state index contributed by atoms with van der Waals surface area (Å²) < 4.78 is 15.7. The quantitative estimate of drug-likeness (QED) is 0.468. The van der Waals surface area contributed by atoms with Gasteiger partial charge in [0.1, 0.15) is 17.2 Å². The molecule has 1 aliphatic carbocycles. The molecule has 0 unspecified atom stereocenters. The molecule has 0 spiro atoms. The molecule has 2 aromatic rings. The molecule has 2 fully saturated rings. The Balaban J connectivity index is 0.000000968. The van der Waals surface area contributed by atoms with Gasteiger partial charge in [0.15, 0.2) is 5.78 Å². The van der Waals surface area contributed by atoms with Crippen molar-refractivity contribution in [2.24, 2.45) is 11.7 Å². The highest BCUT2D eigenvalue weighted by molar-refractivity contribution is 6.01. The number of hydrogen-bond acceptors (Lipinski definition) is 6. The molecule has 2 aliphatic rings. The Morgan fingerprint density at radius 3 is 2.24 bits per heavy atom. The number of aromatic nitrogens is 2. The lowest BCUT2D eigenvalue weighted by Crippen LogP contribution is -2.46. The summed E-state index contributed by atoms with van der Waals surface area (Å²) in [5.74, 6) is -0.557. The molecule has 2 heterocycles. The van der Waals surface area contributed by atoms with Crippen molar-refractivity contribution in [1.29, 1.82) is 0 Å². The molecule has 1 amide bonds. The van der Waals surface area contributed by atoms with Crippen LogP contribution in [0.15, 0.2) is 33.9 Å². The number of primary amides is 1. The Morgan fingerprint density at radius 2 is 1.67 bits per heavy atom. The molecule has 10 heteroatoms. The molecule has 0 bridgehead atoms. The molecule has 178 valence electrons. The van der Waals surface area contributed by atoms with Gasteiger partial charge in [0.05, 0.1) is 13.1 Å². The average Bonchev–Trinajstić information content (AvgIpc) is 3.61. The summed E-state index contributed by atoms with van der Waals surface area (Å²) in [5.41, 5.74) is 9.82. The maximum Gasteiger partial charge on any atom is 0.332 e. The maximum atomic E-state index is 13.3. The van der Waals surface area contributed by atoms with E-state index in [0.29, 0.717) is 12.1 Å². The Hall–Kier alpha value is -3.27. The first-order valence-corrected chi connectivity index (χ1v) is 11.1. The number of nitrogens with two attached hydrogens (primary N) is 2.